The van der Waals surface area contributed by atoms with Crippen molar-refractivity contribution in [1.82, 2.24) is 0 Å². The lowest BCUT2D eigenvalue weighted by Gasteiger charge is -2.13. The number of aliphatic hydroxyl groups is 1. The third kappa shape index (κ3) is 1.87. The number of rotatable bonds is 2. The number of halogens is 1. The molecule has 1 aromatic carbocycles. The van der Waals surface area contributed by atoms with Crippen molar-refractivity contribution in [3.8, 4) is 5.75 Å². The quantitative estimate of drug-likeness (QED) is 0.926. The van der Waals surface area contributed by atoms with E-state index < -0.39 is 6.10 Å². The highest BCUT2D eigenvalue weighted by atomic mass is 79.9. The normalized spacial score (nSPS) is 15.4. The Morgan fingerprint density at radius 3 is 3.00 bits per heavy atom. The van der Waals surface area contributed by atoms with Crippen LogP contribution < -0.4 is 4.74 Å². The number of fused-ring (bicyclic) bond motifs is 1. The van der Waals surface area contributed by atoms with Crippen molar-refractivity contribution in [3.63, 3.8) is 0 Å². The van der Waals surface area contributed by atoms with E-state index >= 15 is 0 Å². The molecule has 17 heavy (non-hydrogen) atoms. The van der Waals surface area contributed by atoms with Crippen LogP contribution in [-0.4, -0.2) is 11.7 Å². The van der Waals surface area contributed by atoms with Crippen LogP contribution in [0.5, 0.6) is 5.75 Å². The van der Waals surface area contributed by atoms with Crippen LogP contribution in [-0.2, 0) is 6.42 Å². The Kier molecular flexibility index (Phi) is 2.68. The maximum Gasteiger partial charge on any atom is 0.140 e. The lowest BCUT2D eigenvalue weighted by molar-refractivity contribution is 0.184. The first-order valence-corrected chi connectivity index (χ1v) is 6.21. The molecule has 2 heterocycles. The fourth-order valence-electron chi connectivity index (χ4n) is 2.10. The zero-order valence-electron chi connectivity index (χ0n) is 9.02. The highest BCUT2D eigenvalue weighted by molar-refractivity contribution is 9.10. The molecule has 1 aliphatic rings. The average molecular weight is 295 g/mol. The van der Waals surface area contributed by atoms with Gasteiger partial charge in [-0.15, -0.1) is 0 Å². The SMILES string of the molecule is OC(c1ccco1)c1cc(Br)cc2c1OCC2. The summed E-state index contributed by atoms with van der Waals surface area (Å²) in [4.78, 5) is 0. The highest BCUT2D eigenvalue weighted by Crippen LogP contribution is 2.38. The highest BCUT2D eigenvalue weighted by Gasteiger charge is 2.24. The average Bonchev–Trinajstić information content (AvgIpc) is 2.97. The minimum Gasteiger partial charge on any atom is -0.493 e. The summed E-state index contributed by atoms with van der Waals surface area (Å²) >= 11 is 3.45. The van der Waals surface area contributed by atoms with Gasteiger partial charge in [0, 0.05) is 16.5 Å². The topological polar surface area (TPSA) is 42.6 Å². The number of benzene rings is 1. The molecule has 4 heteroatoms. The second-order valence-electron chi connectivity index (χ2n) is 4.00. The van der Waals surface area contributed by atoms with Gasteiger partial charge in [-0.05, 0) is 29.8 Å². The molecule has 0 fully saturated rings. The van der Waals surface area contributed by atoms with E-state index in [-0.39, 0.29) is 0 Å². The summed E-state index contributed by atoms with van der Waals surface area (Å²) in [6.07, 6.45) is 1.65. The van der Waals surface area contributed by atoms with E-state index in [0.717, 1.165) is 27.8 Å². The fourth-order valence-corrected chi connectivity index (χ4v) is 2.62. The molecule has 0 amide bonds. The van der Waals surface area contributed by atoms with Gasteiger partial charge in [-0.1, -0.05) is 15.9 Å². The van der Waals surface area contributed by atoms with Crippen LogP contribution >= 0.6 is 15.9 Å². The predicted octanol–water partition coefficient (Wildman–Crippen LogP) is 3.06. The second kappa shape index (κ2) is 4.20. The monoisotopic (exact) mass is 294 g/mol. The first-order valence-electron chi connectivity index (χ1n) is 5.42. The maximum absolute atomic E-state index is 10.3. The van der Waals surface area contributed by atoms with Gasteiger partial charge < -0.3 is 14.3 Å². The van der Waals surface area contributed by atoms with Gasteiger partial charge in [0.1, 0.15) is 17.6 Å². The molecule has 3 nitrogen and oxygen atoms in total. The van der Waals surface area contributed by atoms with Gasteiger partial charge in [0.15, 0.2) is 0 Å². The van der Waals surface area contributed by atoms with E-state index in [2.05, 4.69) is 15.9 Å². The number of hydrogen-bond donors (Lipinski definition) is 1. The Labute approximate surface area is 107 Å². The molecule has 0 aliphatic carbocycles. The lowest BCUT2D eigenvalue weighted by atomic mass is 10.0. The van der Waals surface area contributed by atoms with Crippen molar-refractivity contribution in [1.29, 1.82) is 0 Å². The molecule has 0 saturated heterocycles. The first-order chi connectivity index (χ1) is 8.25. The Balaban J connectivity index is 2.09. The number of aliphatic hydroxyl groups excluding tert-OH is 1. The molecule has 1 unspecified atom stereocenters. The van der Waals surface area contributed by atoms with E-state index in [1.165, 1.54) is 0 Å². The van der Waals surface area contributed by atoms with Gasteiger partial charge in [-0.3, -0.25) is 0 Å². The van der Waals surface area contributed by atoms with Gasteiger partial charge in [-0.2, -0.15) is 0 Å². The smallest absolute Gasteiger partial charge is 0.140 e. The molecule has 88 valence electrons. The minimum absolute atomic E-state index is 0.529. The first kappa shape index (κ1) is 10.9. The summed E-state index contributed by atoms with van der Waals surface area (Å²) in [7, 11) is 0. The zero-order chi connectivity index (χ0) is 11.8. The van der Waals surface area contributed by atoms with Crippen LogP contribution in [0, 0.1) is 0 Å². The van der Waals surface area contributed by atoms with E-state index in [9.17, 15) is 5.11 Å². The van der Waals surface area contributed by atoms with E-state index in [0.29, 0.717) is 12.4 Å². The van der Waals surface area contributed by atoms with Crippen LogP contribution in [0.25, 0.3) is 0 Å². The Bertz CT molecular complexity index is 534. The summed E-state index contributed by atoms with van der Waals surface area (Å²) in [5.41, 5.74) is 1.88. The molecule has 0 saturated carbocycles. The molecule has 1 aliphatic heterocycles. The maximum atomic E-state index is 10.3. The molecule has 1 N–H and O–H groups in total. The summed E-state index contributed by atoms with van der Waals surface area (Å²) in [5, 5.41) is 10.3. The van der Waals surface area contributed by atoms with Gasteiger partial charge in [-0.25, -0.2) is 0 Å². The molecule has 0 radical (unpaired) electrons. The van der Waals surface area contributed by atoms with Crippen molar-refractivity contribution in [2.75, 3.05) is 6.61 Å². The minimum atomic E-state index is -0.783. The van der Waals surface area contributed by atoms with Crippen molar-refractivity contribution in [2.45, 2.75) is 12.5 Å². The van der Waals surface area contributed by atoms with Crippen molar-refractivity contribution >= 4 is 15.9 Å². The molecule has 1 aromatic heterocycles. The van der Waals surface area contributed by atoms with Gasteiger partial charge in [0.2, 0.25) is 0 Å². The standard InChI is InChI=1S/C13H11BrO3/c14-9-6-8-3-5-17-13(8)10(7-9)12(15)11-2-1-4-16-11/h1-2,4,6-7,12,15H,3,5H2. The van der Waals surface area contributed by atoms with E-state index in [1.807, 2.05) is 12.1 Å². The number of ether oxygens (including phenoxy) is 1. The molecule has 0 bridgehead atoms. The molecule has 2 aromatic rings. The third-order valence-electron chi connectivity index (χ3n) is 2.88. The van der Waals surface area contributed by atoms with E-state index in [1.54, 1.807) is 18.4 Å². The largest absolute Gasteiger partial charge is 0.493 e. The Morgan fingerprint density at radius 1 is 1.35 bits per heavy atom. The summed E-state index contributed by atoms with van der Waals surface area (Å²) in [6.45, 7) is 0.670. The predicted molar refractivity (Wildman–Crippen MR) is 66.1 cm³/mol. The fraction of sp³-hybridized carbons (Fsp3) is 0.231. The van der Waals surface area contributed by atoms with Gasteiger partial charge >= 0.3 is 0 Å². The second-order valence-corrected chi connectivity index (χ2v) is 4.92. The van der Waals surface area contributed by atoms with Crippen LogP contribution in [0.3, 0.4) is 0 Å². The van der Waals surface area contributed by atoms with Crippen LogP contribution in [0.1, 0.15) is 23.0 Å². The zero-order valence-corrected chi connectivity index (χ0v) is 10.6. The Hall–Kier alpha value is -1.26. The van der Waals surface area contributed by atoms with Gasteiger partial charge in [0.25, 0.3) is 0 Å². The Morgan fingerprint density at radius 2 is 2.24 bits per heavy atom. The van der Waals surface area contributed by atoms with Crippen molar-refractivity contribution < 1.29 is 14.3 Å². The van der Waals surface area contributed by atoms with Crippen molar-refractivity contribution in [2.24, 2.45) is 0 Å². The summed E-state index contributed by atoms with van der Waals surface area (Å²) in [5.74, 6) is 1.32. The summed E-state index contributed by atoms with van der Waals surface area (Å²) < 4.78 is 11.8. The summed E-state index contributed by atoms with van der Waals surface area (Å²) in [6, 6.07) is 7.42. The molecular weight excluding hydrogens is 284 g/mol. The van der Waals surface area contributed by atoms with Crippen LogP contribution in [0.2, 0.25) is 0 Å². The molecule has 3 rings (SSSR count). The van der Waals surface area contributed by atoms with Crippen molar-refractivity contribution in [3.05, 3.63) is 51.9 Å². The third-order valence-corrected chi connectivity index (χ3v) is 3.34. The van der Waals surface area contributed by atoms with Crippen LogP contribution in [0.15, 0.2) is 39.4 Å². The van der Waals surface area contributed by atoms with E-state index in [4.69, 9.17) is 9.15 Å². The van der Waals surface area contributed by atoms with Gasteiger partial charge in [0.05, 0.1) is 12.9 Å². The number of furan rings is 1. The molecular formula is C13H11BrO3. The molecule has 0 spiro atoms. The lowest BCUT2D eigenvalue weighted by Crippen LogP contribution is -2.01. The van der Waals surface area contributed by atoms with Crippen LogP contribution in [0.4, 0.5) is 0 Å². The molecule has 1 atom stereocenters. The number of hydrogen-bond acceptors (Lipinski definition) is 3.